The first-order valence-electron chi connectivity index (χ1n) is 14.2. The zero-order valence-corrected chi connectivity index (χ0v) is 25.7. The monoisotopic (exact) mass is 619 g/mol. The summed E-state index contributed by atoms with van der Waals surface area (Å²) < 4.78 is 8.22. The Balaban J connectivity index is 1.71. The van der Waals surface area contributed by atoms with Crippen LogP contribution >= 0.6 is 11.6 Å². The number of benzene rings is 2. The minimum absolute atomic E-state index is 0.111. The molecule has 1 saturated heterocycles. The maximum atomic E-state index is 14.5. The molecule has 44 heavy (non-hydrogen) atoms. The molecule has 12 heteroatoms. The van der Waals surface area contributed by atoms with Crippen molar-refractivity contribution in [1.29, 1.82) is 0 Å². The molecule has 0 bridgehead atoms. The van der Waals surface area contributed by atoms with Gasteiger partial charge in [0.2, 0.25) is 5.91 Å². The van der Waals surface area contributed by atoms with Gasteiger partial charge in [-0.05, 0) is 62.2 Å². The van der Waals surface area contributed by atoms with E-state index in [9.17, 15) is 24.3 Å². The Bertz CT molecular complexity index is 1640. The van der Waals surface area contributed by atoms with Crippen LogP contribution < -0.4 is 10.1 Å². The first-order valence-corrected chi connectivity index (χ1v) is 14.6. The first-order chi connectivity index (χ1) is 20.8. The van der Waals surface area contributed by atoms with E-state index < -0.39 is 41.9 Å². The fraction of sp³-hybridized carbons (Fsp3) is 0.344. The number of ketones is 1. The highest BCUT2D eigenvalue weighted by molar-refractivity contribution is 6.30. The van der Waals surface area contributed by atoms with Gasteiger partial charge in [-0.1, -0.05) is 29.8 Å². The summed E-state index contributed by atoms with van der Waals surface area (Å²) in [6.07, 6.45) is 3.17. The van der Waals surface area contributed by atoms with Gasteiger partial charge in [0.15, 0.2) is 5.78 Å². The normalized spacial score (nSPS) is 18.6. The van der Waals surface area contributed by atoms with E-state index in [1.165, 1.54) is 17.0 Å². The van der Waals surface area contributed by atoms with Crippen molar-refractivity contribution in [3.05, 3.63) is 88.2 Å². The van der Waals surface area contributed by atoms with Crippen LogP contribution in [0.3, 0.4) is 0 Å². The second-order valence-electron chi connectivity index (χ2n) is 11.8. The Morgan fingerprint density at radius 2 is 1.82 bits per heavy atom. The molecule has 0 spiro atoms. The number of carboxylic acid groups (broad SMARTS) is 1. The third-order valence-corrected chi connectivity index (χ3v) is 7.51. The van der Waals surface area contributed by atoms with Crippen molar-refractivity contribution in [2.75, 3.05) is 19.6 Å². The van der Waals surface area contributed by atoms with Crippen LogP contribution in [-0.4, -0.2) is 74.2 Å². The fourth-order valence-corrected chi connectivity index (χ4v) is 5.51. The van der Waals surface area contributed by atoms with Crippen LogP contribution in [0.25, 0.3) is 0 Å². The van der Waals surface area contributed by atoms with Gasteiger partial charge in [0.1, 0.15) is 36.2 Å². The van der Waals surface area contributed by atoms with Gasteiger partial charge in [-0.15, -0.1) is 0 Å². The number of piperazine rings is 1. The van der Waals surface area contributed by atoms with Gasteiger partial charge in [-0.25, -0.2) is 4.79 Å². The zero-order chi connectivity index (χ0) is 31.8. The highest BCUT2D eigenvalue weighted by Crippen LogP contribution is 2.45. The molecule has 0 radical (unpaired) electrons. The number of urea groups is 1. The van der Waals surface area contributed by atoms with E-state index in [1.54, 1.807) is 23.1 Å². The number of amidine groups is 1. The third-order valence-electron chi connectivity index (χ3n) is 7.26. The molecule has 230 valence electrons. The van der Waals surface area contributed by atoms with Gasteiger partial charge >= 0.3 is 12.0 Å². The summed E-state index contributed by atoms with van der Waals surface area (Å²) in [4.78, 5) is 59.0. The predicted molar refractivity (Wildman–Crippen MR) is 164 cm³/mol. The Morgan fingerprint density at radius 1 is 1.09 bits per heavy atom. The lowest BCUT2D eigenvalue weighted by Crippen LogP contribution is -2.55. The minimum Gasteiger partial charge on any atom is -0.487 e. The van der Waals surface area contributed by atoms with Crippen LogP contribution in [0.4, 0.5) is 4.79 Å². The number of hydrogen-bond donors (Lipinski definition) is 2. The van der Waals surface area contributed by atoms with E-state index in [0.717, 1.165) is 11.1 Å². The Hall–Kier alpha value is -4.64. The first kappa shape index (κ1) is 30.8. The molecule has 3 amide bonds. The highest BCUT2D eigenvalue weighted by atomic mass is 35.5. The van der Waals surface area contributed by atoms with Crippen molar-refractivity contribution in [2.45, 2.75) is 44.9 Å². The molecule has 0 unspecified atom stereocenters. The lowest BCUT2D eigenvalue weighted by Gasteiger charge is -2.36. The summed E-state index contributed by atoms with van der Waals surface area (Å²) >= 11 is 6.24. The number of halogens is 1. The number of nitrogens with one attached hydrogen (secondary N) is 1. The molecule has 3 heterocycles. The Kier molecular flexibility index (Phi) is 8.51. The van der Waals surface area contributed by atoms with Crippen molar-refractivity contribution in [3.8, 4) is 5.75 Å². The number of aryl methyl sites for hydroxylation is 1. The van der Waals surface area contributed by atoms with Gasteiger partial charge < -0.3 is 24.6 Å². The highest BCUT2D eigenvalue weighted by Gasteiger charge is 2.45. The molecule has 2 atom stereocenters. The van der Waals surface area contributed by atoms with Crippen LogP contribution in [0, 0.1) is 0 Å². The van der Waals surface area contributed by atoms with E-state index in [4.69, 9.17) is 21.3 Å². The van der Waals surface area contributed by atoms with E-state index >= 15 is 0 Å². The van der Waals surface area contributed by atoms with E-state index in [2.05, 4.69) is 5.32 Å². The molecule has 2 aromatic carbocycles. The molecule has 0 saturated carbocycles. The third kappa shape index (κ3) is 6.62. The van der Waals surface area contributed by atoms with E-state index in [1.807, 2.05) is 63.0 Å². The number of hydrogen-bond acceptors (Lipinski definition) is 6. The van der Waals surface area contributed by atoms with Crippen LogP contribution in [0.15, 0.2) is 65.9 Å². The van der Waals surface area contributed by atoms with Gasteiger partial charge in [-0.2, -0.15) is 0 Å². The van der Waals surface area contributed by atoms with Crippen LogP contribution in [0.1, 0.15) is 66.3 Å². The van der Waals surface area contributed by atoms with Crippen LogP contribution in [0.5, 0.6) is 5.75 Å². The summed E-state index contributed by atoms with van der Waals surface area (Å²) in [6, 6.07) is 12.2. The van der Waals surface area contributed by atoms with Crippen molar-refractivity contribution in [2.24, 2.45) is 12.0 Å². The standard InChI is InChI=1S/C32H34ClN5O6/c1-32(2,3)44-25-15-20(24(39)16-27(41)42)7-10-23(25)30-35-28(21-11-13-36(4)17-21)29(19-5-8-22(33)9-6-19)38(30)31(43)37-14-12-34-26(40)18-37/h5-11,13,15,17,28-29H,12,14,16,18H2,1-4H3,(H,34,40)(H,41,42)/t28-,29+/m0/s1. The summed E-state index contributed by atoms with van der Waals surface area (Å²) in [6.45, 7) is 6.05. The summed E-state index contributed by atoms with van der Waals surface area (Å²) in [5, 5.41) is 12.5. The van der Waals surface area contributed by atoms with Crippen molar-refractivity contribution in [1.82, 2.24) is 19.7 Å². The Labute approximate surface area is 260 Å². The quantitative estimate of drug-likeness (QED) is 0.293. The lowest BCUT2D eigenvalue weighted by atomic mass is 9.95. The molecule has 11 nitrogen and oxygen atoms in total. The number of aromatic nitrogens is 1. The second kappa shape index (κ2) is 12.2. The lowest BCUT2D eigenvalue weighted by molar-refractivity contribution is -0.136. The number of carbonyl (C=O) groups excluding carboxylic acids is 3. The van der Waals surface area contributed by atoms with E-state index in [-0.39, 0.29) is 23.8 Å². The van der Waals surface area contributed by atoms with Gasteiger partial charge in [0, 0.05) is 43.1 Å². The average molecular weight is 620 g/mol. The van der Waals surface area contributed by atoms with Gasteiger partial charge in [-0.3, -0.25) is 24.3 Å². The SMILES string of the molecule is Cn1ccc([C@@H]2N=C(c3ccc(C(=O)CC(=O)O)cc3OC(C)(C)C)N(C(=O)N3CCNC(=O)C3)[C@@H]2c2ccc(Cl)cc2)c1. The number of aliphatic imine (C=N–C) groups is 1. The topological polar surface area (TPSA) is 134 Å². The number of ether oxygens (including phenoxy) is 1. The van der Waals surface area contributed by atoms with Crippen LogP contribution in [0.2, 0.25) is 5.02 Å². The summed E-state index contributed by atoms with van der Waals surface area (Å²) in [5.74, 6) is -1.51. The van der Waals surface area contributed by atoms with Crippen molar-refractivity contribution >= 4 is 41.1 Å². The molecule has 2 aliphatic rings. The molecule has 5 rings (SSSR count). The van der Waals surface area contributed by atoms with Crippen molar-refractivity contribution < 1.29 is 29.0 Å². The number of aliphatic carboxylic acids is 1. The van der Waals surface area contributed by atoms with Gasteiger partial charge in [0.05, 0.1) is 11.6 Å². The number of amides is 3. The number of nitrogens with zero attached hydrogens (tertiary/aromatic N) is 4. The zero-order valence-electron chi connectivity index (χ0n) is 24.9. The number of carbonyl (C=O) groups is 4. The number of carboxylic acids is 1. The molecular formula is C32H34ClN5O6. The number of rotatable bonds is 7. The average Bonchev–Trinajstić information content (AvgIpc) is 3.55. The number of Topliss-reactive ketones (excluding diaryl/α,β-unsaturated/α-hetero) is 1. The van der Waals surface area contributed by atoms with E-state index in [0.29, 0.717) is 29.5 Å². The molecule has 3 aromatic rings. The maximum absolute atomic E-state index is 14.5. The minimum atomic E-state index is -1.24. The van der Waals surface area contributed by atoms with Crippen LogP contribution in [-0.2, 0) is 16.6 Å². The van der Waals surface area contributed by atoms with Crippen molar-refractivity contribution in [3.63, 3.8) is 0 Å². The summed E-state index contributed by atoms with van der Waals surface area (Å²) in [5.41, 5.74) is 1.54. The predicted octanol–water partition coefficient (Wildman–Crippen LogP) is 4.61. The molecule has 2 aliphatic heterocycles. The molecule has 2 N–H and O–H groups in total. The maximum Gasteiger partial charge on any atom is 0.326 e. The Morgan fingerprint density at radius 3 is 2.43 bits per heavy atom. The second-order valence-corrected chi connectivity index (χ2v) is 12.3. The molecule has 1 fully saturated rings. The molecule has 1 aromatic heterocycles. The molecular weight excluding hydrogens is 586 g/mol. The van der Waals surface area contributed by atoms with Gasteiger partial charge in [0.25, 0.3) is 0 Å². The largest absolute Gasteiger partial charge is 0.487 e. The smallest absolute Gasteiger partial charge is 0.326 e. The molecule has 0 aliphatic carbocycles. The fourth-order valence-electron chi connectivity index (χ4n) is 5.38. The summed E-state index contributed by atoms with van der Waals surface area (Å²) in [7, 11) is 1.90.